The lowest BCUT2D eigenvalue weighted by atomic mass is 10.0. The fraction of sp³-hybridized carbons (Fsp3) is 0.889. The van der Waals surface area contributed by atoms with Crippen LogP contribution in [0.25, 0.3) is 0 Å². The SMILES string of the molecule is C=C(C)C(=O)OCCCCC[N+](C)(C)CCCCCCCCCCCCCCCC. The number of nitrogens with zero attached hydrogens (tertiary/aromatic N) is 1. The van der Waals surface area contributed by atoms with Gasteiger partial charge in [-0.3, -0.25) is 0 Å². The van der Waals surface area contributed by atoms with Gasteiger partial charge in [0, 0.05) is 5.57 Å². The smallest absolute Gasteiger partial charge is 0.333 e. The first kappa shape index (κ1) is 29.2. The summed E-state index contributed by atoms with van der Waals surface area (Å²) < 4.78 is 6.26. The van der Waals surface area contributed by atoms with Gasteiger partial charge in [-0.15, -0.1) is 0 Å². The number of ether oxygens (including phenoxy) is 1. The Hall–Kier alpha value is -0.830. The number of carbonyl (C=O) groups is 1. The largest absolute Gasteiger partial charge is 0.462 e. The second-order valence-electron chi connectivity index (χ2n) is 9.96. The molecule has 0 fully saturated rings. The van der Waals surface area contributed by atoms with Crippen LogP contribution in [0.15, 0.2) is 12.2 Å². The maximum absolute atomic E-state index is 11.3. The highest BCUT2D eigenvalue weighted by atomic mass is 16.5. The van der Waals surface area contributed by atoms with Gasteiger partial charge in [-0.25, -0.2) is 4.79 Å². The van der Waals surface area contributed by atoms with Crippen LogP contribution in [0.1, 0.15) is 123 Å². The molecule has 0 aliphatic heterocycles. The lowest BCUT2D eigenvalue weighted by Gasteiger charge is -2.30. The lowest BCUT2D eigenvalue weighted by Crippen LogP contribution is -2.41. The third-order valence-electron chi connectivity index (χ3n) is 6.11. The van der Waals surface area contributed by atoms with Gasteiger partial charge in [0.25, 0.3) is 0 Å². The summed E-state index contributed by atoms with van der Waals surface area (Å²) in [5.74, 6) is -0.260. The molecule has 3 nitrogen and oxygen atoms in total. The number of unbranched alkanes of at least 4 members (excludes halogenated alkanes) is 15. The van der Waals surface area contributed by atoms with E-state index in [2.05, 4.69) is 27.6 Å². The highest BCUT2D eigenvalue weighted by molar-refractivity contribution is 5.86. The molecule has 0 saturated heterocycles. The van der Waals surface area contributed by atoms with Crippen molar-refractivity contribution in [3.63, 3.8) is 0 Å². The molecular formula is C27H54NO2+. The number of quaternary nitrogens is 1. The van der Waals surface area contributed by atoms with Crippen molar-refractivity contribution in [1.29, 1.82) is 0 Å². The second kappa shape index (κ2) is 20.1. The minimum Gasteiger partial charge on any atom is -0.462 e. The molecule has 178 valence electrons. The first-order valence-corrected chi connectivity index (χ1v) is 13.0. The second-order valence-corrected chi connectivity index (χ2v) is 9.96. The summed E-state index contributed by atoms with van der Waals surface area (Å²) in [5, 5.41) is 0. The molecule has 0 aromatic rings. The van der Waals surface area contributed by atoms with Gasteiger partial charge in [-0.05, 0) is 39.0 Å². The fourth-order valence-corrected chi connectivity index (χ4v) is 3.95. The molecule has 0 aromatic carbocycles. The molecule has 30 heavy (non-hydrogen) atoms. The van der Waals surface area contributed by atoms with Crippen molar-refractivity contribution in [2.24, 2.45) is 0 Å². The van der Waals surface area contributed by atoms with Crippen molar-refractivity contribution in [2.45, 2.75) is 123 Å². The molecule has 0 aliphatic rings. The van der Waals surface area contributed by atoms with E-state index in [1.807, 2.05) is 0 Å². The topological polar surface area (TPSA) is 26.3 Å². The van der Waals surface area contributed by atoms with E-state index in [9.17, 15) is 4.79 Å². The summed E-state index contributed by atoms with van der Waals surface area (Å²) in [4.78, 5) is 11.3. The van der Waals surface area contributed by atoms with Crippen molar-refractivity contribution < 1.29 is 14.0 Å². The van der Waals surface area contributed by atoms with Crippen LogP contribution in [0.4, 0.5) is 0 Å². The molecule has 3 heteroatoms. The Bertz CT molecular complexity index is 417. The zero-order chi connectivity index (χ0) is 22.5. The van der Waals surface area contributed by atoms with Crippen LogP contribution in [-0.4, -0.2) is 44.2 Å². The normalized spacial score (nSPS) is 11.6. The summed E-state index contributed by atoms with van der Waals surface area (Å²) >= 11 is 0. The van der Waals surface area contributed by atoms with E-state index in [1.54, 1.807) is 6.92 Å². The van der Waals surface area contributed by atoms with Gasteiger partial charge in [0.15, 0.2) is 0 Å². The van der Waals surface area contributed by atoms with Crippen LogP contribution in [-0.2, 0) is 9.53 Å². The average Bonchev–Trinajstić information content (AvgIpc) is 2.70. The molecule has 0 heterocycles. The summed E-state index contributed by atoms with van der Waals surface area (Å²) in [6, 6.07) is 0. The highest BCUT2D eigenvalue weighted by Crippen LogP contribution is 2.14. The maximum atomic E-state index is 11.3. The van der Waals surface area contributed by atoms with E-state index in [4.69, 9.17) is 4.74 Å². The fourth-order valence-electron chi connectivity index (χ4n) is 3.95. The molecule has 0 atom stereocenters. The zero-order valence-corrected chi connectivity index (χ0v) is 21.1. The zero-order valence-electron chi connectivity index (χ0n) is 21.1. The van der Waals surface area contributed by atoms with Gasteiger partial charge in [-0.2, -0.15) is 0 Å². The molecule has 0 bridgehead atoms. The Labute approximate surface area is 189 Å². The molecule has 0 spiro atoms. The van der Waals surface area contributed by atoms with Crippen molar-refractivity contribution >= 4 is 5.97 Å². The standard InChI is InChI=1S/C27H54NO2/c1-6-7-8-9-10-11-12-13-14-15-16-17-18-20-23-28(4,5)24-21-19-22-25-30-27(29)26(2)3/h2,6-25H2,1,3-5H3/q+1. The summed E-state index contributed by atoms with van der Waals surface area (Å²) in [5.41, 5.74) is 0.487. The minimum absolute atomic E-state index is 0.260. The van der Waals surface area contributed by atoms with Gasteiger partial charge in [0.2, 0.25) is 0 Å². The van der Waals surface area contributed by atoms with E-state index >= 15 is 0 Å². The van der Waals surface area contributed by atoms with Crippen LogP contribution in [0, 0.1) is 0 Å². The van der Waals surface area contributed by atoms with Crippen molar-refractivity contribution in [1.82, 2.24) is 0 Å². The van der Waals surface area contributed by atoms with Gasteiger partial charge in [0.1, 0.15) is 0 Å². The Morgan fingerprint density at radius 2 is 1.03 bits per heavy atom. The Morgan fingerprint density at radius 3 is 1.43 bits per heavy atom. The molecule has 0 radical (unpaired) electrons. The van der Waals surface area contributed by atoms with Crippen LogP contribution >= 0.6 is 0 Å². The first-order valence-electron chi connectivity index (χ1n) is 13.0. The number of rotatable bonds is 22. The van der Waals surface area contributed by atoms with E-state index < -0.39 is 0 Å². The molecule has 0 aliphatic carbocycles. The Kier molecular flexibility index (Phi) is 19.5. The van der Waals surface area contributed by atoms with Crippen LogP contribution < -0.4 is 0 Å². The predicted octanol–water partition coefficient (Wildman–Crippen LogP) is 7.83. The van der Waals surface area contributed by atoms with Crippen LogP contribution in [0.3, 0.4) is 0 Å². The Balaban J connectivity index is 3.37. The highest BCUT2D eigenvalue weighted by Gasteiger charge is 2.13. The Morgan fingerprint density at radius 1 is 0.667 bits per heavy atom. The third-order valence-corrected chi connectivity index (χ3v) is 6.11. The van der Waals surface area contributed by atoms with Crippen LogP contribution in [0.5, 0.6) is 0 Å². The number of hydrogen-bond acceptors (Lipinski definition) is 2. The van der Waals surface area contributed by atoms with E-state index in [0.717, 1.165) is 17.3 Å². The summed E-state index contributed by atoms with van der Waals surface area (Å²) in [6.45, 7) is 10.6. The van der Waals surface area contributed by atoms with Gasteiger partial charge < -0.3 is 9.22 Å². The molecule has 0 saturated carbocycles. The molecule has 0 rings (SSSR count). The number of carbonyl (C=O) groups excluding carboxylic acids is 1. The van der Waals surface area contributed by atoms with E-state index in [0.29, 0.717) is 12.2 Å². The predicted molar refractivity (Wildman–Crippen MR) is 132 cm³/mol. The maximum Gasteiger partial charge on any atom is 0.333 e. The molecular weight excluding hydrogens is 370 g/mol. The van der Waals surface area contributed by atoms with E-state index in [1.165, 1.54) is 109 Å². The van der Waals surface area contributed by atoms with Gasteiger partial charge >= 0.3 is 5.97 Å². The van der Waals surface area contributed by atoms with Crippen LogP contribution in [0.2, 0.25) is 0 Å². The minimum atomic E-state index is -0.260. The number of hydrogen-bond donors (Lipinski definition) is 0. The van der Waals surface area contributed by atoms with Crippen molar-refractivity contribution in [2.75, 3.05) is 33.8 Å². The monoisotopic (exact) mass is 424 g/mol. The first-order chi connectivity index (χ1) is 14.4. The van der Waals surface area contributed by atoms with E-state index in [-0.39, 0.29) is 5.97 Å². The van der Waals surface area contributed by atoms with Gasteiger partial charge in [0.05, 0.1) is 33.8 Å². The molecule has 0 amide bonds. The molecule has 0 aromatic heterocycles. The third kappa shape index (κ3) is 20.4. The average molecular weight is 425 g/mol. The lowest BCUT2D eigenvalue weighted by molar-refractivity contribution is -0.890. The number of esters is 1. The summed E-state index contributed by atoms with van der Waals surface area (Å²) in [7, 11) is 4.70. The van der Waals surface area contributed by atoms with Crippen molar-refractivity contribution in [3.8, 4) is 0 Å². The summed E-state index contributed by atoms with van der Waals surface area (Å²) in [6.07, 6.45) is 23.2. The molecule has 0 unspecified atom stereocenters. The van der Waals surface area contributed by atoms with Crippen molar-refractivity contribution in [3.05, 3.63) is 12.2 Å². The quantitative estimate of drug-likeness (QED) is 0.0765. The van der Waals surface area contributed by atoms with Gasteiger partial charge in [-0.1, -0.05) is 90.6 Å². The molecule has 0 N–H and O–H groups in total.